The summed E-state index contributed by atoms with van der Waals surface area (Å²) in [5, 5.41) is 26.7. The van der Waals surface area contributed by atoms with Gasteiger partial charge in [-0.05, 0) is 89.4 Å². The number of hydrazine groups is 1. The molecule has 1 aliphatic rings. The van der Waals surface area contributed by atoms with Crippen LogP contribution in [0.25, 0.3) is 0 Å². The zero-order valence-corrected chi connectivity index (χ0v) is 40.4. The molecule has 352 valence electrons. The standard InChI is InChI=1S/C43H58N10O9S3/c1-10-52(11-2)37-22-33(34(24-39(37)61-8)49-48-31-20-29(64(55,56)57)16-14-27(31)5)45-43-46-41(26-42(47-43)63-19-18-54)44-35-23-38(53(12-3)13-4)40(62-9)25-36(35)51(7)50-32-21-30(65(58,59)60)17-15-28(32)6/h14-16,20-26,30,50,54H,10-13,17-19H2,1-9H3,(H,55,56,57)(H,58,59,60)(H2,44,45,46,47). The van der Waals surface area contributed by atoms with Gasteiger partial charge in [0, 0.05) is 57.2 Å². The number of aryl methyl sites for hydroxylation is 1. The second kappa shape index (κ2) is 22.0. The molecule has 1 heterocycles. The van der Waals surface area contributed by atoms with Gasteiger partial charge < -0.3 is 35.0 Å². The molecule has 0 radical (unpaired) electrons. The summed E-state index contributed by atoms with van der Waals surface area (Å²) < 4.78 is 79.5. The Bertz CT molecular complexity index is 2660. The lowest BCUT2D eigenvalue weighted by Gasteiger charge is -2.31. The summed E-state index contributed by atoms with van der Waals surface area (Å²) in [6.07, 6.45) is 3.38. The van der Waals surface area contributed by atoms with E-state index in [1.54, 1.807) is 51.4 Å². The topological polar surface area (TPSA) is 244 Å². The highest BCUT2D eigenvalue weighted by Crippen LogP contribution is 2.43. The van der Waals surface area contributed by atoms with Gasteiger partial charge in [0.15, 0.2) is 0 Å². The first-order valence-electron chi connectivity index (χ1n) is 20.8. The monoisotopic (exact) mass is 954 g/mol. The number of benzene rings is 3. The van der Waals surface area contributed by atoms with Crippen LogP contribution in [0.5, 0.6) is 11.5 Å². The Balaban J connectivity index is 1.66. The van der Waals surface area contributed by atoms with Crippen LogP contribution in [0.1, 0.15) is 46.6 Å². The van der Waals surface area contributed by atoms with Gasteiger partial charge in [-0.25, -0.2) is 4.98 Å². The number of rotatable bonds is 22. The van der Waals surface area contributed by atoms with Gasteiger partial charge in [-0.1, -0.05) is 12.1 Å². The van der Waals surface area contributed by atoms with Crippen molar-refractivity contribution >= 4 is 83.6 Å². The number of hydrogen-bond donors (Lipinski definition) is 6. The van der Waals surface area contributed by atoms with Gasteiger partial charge in [0.1, 0.15) is 33.3 Å². The number of hydrogen-bond acceptors (Lipinski definition) is 18. The lowest BCUT2D eigenvalue weighted by Crippen LogP contribution is -2.36. The molecule has 0 bridgehead atoms. The van der Waals surface area contributed by atoms with Crippen molar-refractivity contribution in [2.75, 3.05) is 85.2 Å². The SMILES string of the molecule is CCN(CC)c1cc(Nc2nc(Nc3cc(N(CC)CC)c(OC)cc3N(C)NC3=CC(S(=O)(=O)O)CC=C3C)cc(SCCO)n2)c(N=Nc2cc(S(=O)(=O)O)ccc2C)cc1OC. The third-order valence-electron chi connectivity index (χ3n) is 10.6. The first-order chi connectivity index (χ1) is 30.9. The molecule has 0 aliphatic heterocycles. The Kier molecular flexibility index (Phi) is 17.1. The van der Waals surface area contributed by atoms with E-state index in [0.717, 1.165) is 16.9 Å². The van der Waals surface area contributed by atoms with Crippen LogP contribution in [0.2, 0.25) is 0 Å². The number of aliphatic hydroxyl groups is 1. The van der Waals surface area contributed by atoms with Crippen LogP contribution in [-0.2, 0) is 20.2 Å². The van der Waals surface area contributed by atoms with Crippen LogP contribution in [-0.4, -0.2) is 106 Å². The average Bonchev–Trinajstić information content (AvgIpc) is 3.26. The largest absolute Gasteiger partial charge is 0.495 e. The van der Waals surface area contributed by atoms with Gasteiger partial charge in [-0.2, -0.15) is 26.9 Å². The predicted octanol–water partition coefficient (Wildman–Crippen LogP) is 8.16. The lowest BCUT2D eigenvalue weighted by molar-refractivity contribution is 0.322. The minimum atomic E-state index is -4.51. The molecule has 3 aromatic carbocycles. The third-order valence-corrected chi connectivity index (χ3v) is 13.4. The average molecular weight is 955 g/mol. The first-order valence-corrected chi connectivity index (χ1v) is 24.8. The zero-order valence-electron chi connectivity index (χ0n) is 37.9. The first kappa shape index (κ1) is 50.4. The molecular weight excluding hydrogens is 897 g/mol. The third kappa shape index (κ3) is 12.6. The summed E-state index contributed by atoms with van der Waals surface area (Å²) in [6.45, 7) is 14.3. The van der Waals surface area contributed by atoms with Crippen molar-refractivity contribution < 1.29 is 40.5 Å². The van der Waals surface area contributed by atoms with Gasteiger partial charge in [0.2, 0.25) is 5.95 Å². The maximum atomic E-state index is 12.1. The molecule has 0 amide bonds. The Morgan fingerprint density at radius 1 is 0.800 bits per heavy atom. The summed E-state index contributed by atoms with van der Waals surface area (Å²) in [5.74, 6) is 1.94. The molecule has 1 atom stereocenters. The predicted molar refractivity (Wildman–Crippen MR) is 258 cm³/mol. The van der Waals surface area contributed by atoms with Crippen molar-refractivity contribution in [3.8, 4) is 11.5 Å². The summed E-state index contributed by atoms with van der Waals surface area (Å²) in [4.78, 5) is 13.6. The van der Waals surface area contributed by atoms with Crippen molar-refractivity contribution in [1.29, 1.82) is 0 Å². The van der Waals surface area contributed by atoms with E-state index < -0.39 is 25.5 Å². The summed E-state index contributed by atoms with van der Waals surface area (Å²) in [5.41, 5.74) is 8.85. The molecule has 0 saturated heterocycles. The lowest BCUT2D eigenvalue weighted by atomic mass is 10.1. The highest BCUT2D eigenvalue weighted by Gasteiger charge is 2.26. The van der Waals surface area contributed by atoms with Crippen LogP contribution in [0.15, 0.2) is 92.1 Å². The molecular formula is C43H58N10O9S3. The Hall–Kier alpha value is -5.65. The molecule has 4 aromatic rings. The van der Waals surface area contributed by atoms with Crippen molar-refractivity contribution in [2.45, 2.75) is 63.1 Å². The minimum Gasteiger partial charge on any atom is -0.495 e. The van der Waals surface area contributed by atoms with E-state index in [1.807, 2.05) is 52.8 Å². The molecule has 6 N–H and O–H groups in total. The number of anilines is 7. The molecule has 0 fully saturated rings. The Morgan fingerprint density at radius 2 is 1.42 bits per heavy atom. The van der Waals surface area contributed by atoms with E-state index in [0.29, 0.717) is 88.3 Å². The van der Waals surface area contributed by atoms with E-state index in [9.17, 15) is 31.0 Å². The molecule has 65 heavy (non-hydrogen) atoms. The molecule has 19 nitrogen and oxygen atoms in total. The van der Waals surface area contributed by atoms with Crippen LogP contribution in [0.3, 0.4) is 0 Å². The number of allylic oxidation sites excluding steroid dienone is 2. The smallest absolute Gasteiger partial charge is 0.294 e. The number of aliphatic hydroxyl groups excluding tert-OH is 1. The second-order valence-corrected chi connectivity index (χ2v) is 18.9. The van der Waals surface area contributed by atoms with E-state index >= 15 is 0 Å². The highest BCUT2D eigenvalue weighted by molar-refractivity contribution is 7.99. The number of methoxy groups -OCH3 is 2. The summed E-state index contributed by atoms with van der Waals surface area (Å²) in [7, 11) is -3.95. The fourth-order valence-corrected chi connectivity index (χ4v) is 8.77. The van der Waals surface area contributed by atoms with Gasteiger partial charge in [0.25, 0.3) is 20.2 Å². The molecule has 0 saturated carbocycles. The van der Waals surface area contributed by atoms with E-state index in [2.05, 4.69) is 36.1 Å². The number of azo groups is 1. The number of thioether (sulfide) groups is 1. The minimum absolute atomic E-state index is 0.108. The van der Waals surface area contributed by atoms with Gasteiger partial charge >= 0.3 is 0 Å². The zero-order chi connectivity index (χ0) is 47.6. The van der Waals surface area contributed by atoms with E-state index in [4.69, 9.17) is 19.4 Å². The number of ether oxygens (including phenoxy) is 2. The maximum absolute atomic E-state index is 12.1. The molecule has 1 aromatic heterocycles. The van der Waals surface area contributed by atoms with Crippen LogP contribution < -0.4 is 40.3 Å². The Labute approximate surface area is 385 Å². The molecule has 0 spiro atoms. The van der Waals surface area contributed by atoms with E-state index in [-0.39, 0.29) is 29.6 Å². The van der Waals surface area contributed by atoms with Crippen LogP contribution >= 0.6 is 11.8 Å². The number of nitrogens with zero attached hydrogens (tertiary/aromatic N) is 7. The molecule has 1 unspecified atom stereocenters. The van der Waals surface area contributed by atoms with E-state index in [1.165, 1.54) is 36.0 Å². The maximum Gasteiger partial charge on any atom is 0.294 e. The van der Waals surface area contributed by atoms with Crippen molar-refractivity contribution in [3.05, 3.63) is 77.5 Å². The number of aromatic nitrogens is 2. The Morgan fingerprint density at radius 3 is 2.00 bits per heavy atom. The second-order valence-electron chi connectivity index (χ2n) is 14.7. The van der Waals surface area contributed by atoms with Gasteiger partial charge in [-0.15, -0.1) is 16.9 Å². The highest BCUT2D eigenvalue weighted by atomic mass is 32.2. The van der Waals surface area contributed by atoms with Crippen molar-refractivity contribution in [2.24, 2.45) is 10.2 Å². The fraction of sp³-hybridized carbons (Fsp3) is 0.395. The molecule has 22 heteroatoms. The fourth-order valence-electron chi connectivity index (χ4n) is 6.98. The molecule has 5 rings (SSSR count). The van der Waals surface area contributed by atoms with Gasteiger partial charge in [-0.3, -0.25) is 19.5 Å². The summed E-state index contributed by atoms with van der Waals surface area (Å²) >= 11 is 1.31. The van der Waals surface area contributed by atoms with Gasteiger partial charge in [0.05, 0.1) is 65.5 Å². The normalized spacial score (nSPS) is 14.1. The molecule has 1 aliphatic carbocycles. The van der Waals surface area contributed by atoms with Crippen LogP contribution in [0.4, 0.5) is 51.6 Å². The van der Waals surface area contributed by atoms with Crippen molar-refractivity contribution in [1.82, 2.24) is 15.4 Å². The van der Waals surface area contributed by atoms with Crippen LogP contribution in [0, 0.1) is 6.92 Å². The summed E-state index contributed by atoms with van der Waals surface area (Å²) in [6, 6.07) is 13.1. The number of nitrogens with one attached hydrogen (secondary N) is 3. The van der Waals surface area contributed by atoms with Crippen molar-refractivity contribution in [3.63, 3.8) is 0 Å². The quantitative estimate of drug-likeness (QED) is 0.0143.